The molecule has 2 aromatic carbocycles. The Morgan fingerprint density at radius 2 is 1.73 bits per heavy atom. The quantitative estimate of drug-likeness (QED) is 0.0695. The van der Waals surface area contributed by atoms with E-state index in [9.17, 15) is 54.3 Å². The highest BCUT2D eigenvalue weighted by Gasteiger charge is 2.72. The van der Waals surface area contributed by atoms with Gasteiger partial charge in [0, 0.05) is 72.8 Å². The third-order valence-electron chi connectivity index (χ3n) is 13.3. The second-order valence-electron chi connectivity index (χ2n) is 16.6. The van der Waals surface area contributed by atoms with Gasteiger partial charge in [0.25, 0.3) is 0 Å². The third-order valence-corrected chi connectivity index (χ3v) is 13.3. The van der Waals surface area contributed by atoms with Crippen LogP contribution in [0.1, 0.15) is 75.8 Å². The fourth-order valence-corrected chi connectivity index (χ4v) is 10.1. The summed E-state index contributed by atoms with van der Waals surface area (Å²) in [6.45, 7) is 2.48. The molecule has 7 aliphatic rings. The molecule has 3 fully saturated rings. The number of fused-ring (bicyclic) bond motifs is 7. The van der Waals surface area contributed by atoms with Crippen molar-refractivity contribution in [2.45, 2.75) is 87.2 Å². The van der Waals surface area contributed by atoms with E-state index in [4.69, 9.17) is 40.9 Å². The molecular weight excluding hydrogens is 830 g/mol. The van der Waals surface area contributed by atoms with E-state index in [-0.39, 0.29) is 75.7 Å². The molecule has 4 heterocycles. The Balaban J connectivity index is 0.000000193. The fraction of sp³-hybridized carbons (Fsp3) is 0.476. The number of methoxy groups -OCH3 is 2. The zero-order valence-corrected chi connectivity index (χ0v) is 34.5. The Hall–Kier alpha value is -5.78. The van der Waals surface area contributed by atoms with Crippen LogP contribution < -0.4 is 27.3 Å². The highest BCUT2D eigenvalue weighted by atomic mass is 16.7. The van der Waals surface area contributed by atoms with Crippen molar-refractivity contribution in [2.75, 3.05) is 34.0 Å². The highest BCUT2D eigenvalue weighted by molar-refractivity contribution is 6.31. The summed E-state index contributed by atoms with van der Waals surface area (Å²) in [6.07, 6.45) is -6.07. The first-order chi connectivity index (χ1) is 29.8. The Bertz CT molecular complexity index is 2460. The number of aliphatic hydroxyl groups excluding tert-OH is 2. The molecule has 21 nitrogen and oxygen atoms in total. The number of aliphatic hydroxyl groups is 3. The average molecular weight is 878 g/mol. The summed E-state index contributed by atoms with van der Waals surface area (Å²) < 4.78 is 27.8. The first kappa shape index (κ1) is 43.9. The molecular formula is C42H47N5O16. The number of primary amides is 1. The van der Waals surface area contributed by atoms with Gasteiger partial charge in [0.05, 0.1) is 65.5 Å². The number of carbonyl (C=O) groups is 6. The molecule has 21 heteroatoms. The van der Waals surface area contributed by atoms with Crippen molar-refractivity contribution in [3.8, 4) is 17.2 Å². The van der Waals surface area contributed by atoms with Crippen LogP contribution in [0.4, 0.5) is 4.79 Å². The van der Waals surface area contributed by atoms with Gasteiger partial charge in [-0.2, -0.15) is 0 Å². The van der Waals surface area contributed by atoms with E-state index < -0.39 is 119 Å². The van der Waals surface area contributed by atoms with Crippen LogP contribution in [0, 0.1) is 5.92 Å². The number of nitrogens with zero attached hydrogens (tertiary/aromatic N) is 1. The molecule has 3 aliphatic carbocycles. The number of benzene rings is 2. The lowest BCUT2D eigenvalue weighted by atomic mass is 9.72. The lowest BCUT2D eigenvalue weighted by Crippen LogP contribution is -2.55. The predicted octanol–water partition coefficient (Wildman–Crippen LogP) is -1.65. The number of phenols is 2. The van der Waals surface area contributed by atoms with Crippen LogP contribution in [0.25, 0.3) is 0 Å². The molecule has 2 aromatic rings. The summed E-state index contributed by atoms with van der Waals surface area (Å²) in [4.78, 5) is 78.2. The molecule has 3 saturated heterocycles. The lowest BCUT2D eigenvalue weighted by Gasteiger charge is -2.42. The number of aromatic hydroxyl groups is 2. The molecule has 0 aromatic heterocycles. The monoisotopic (exact) mass is 877 g/mol. The largest absolute Gasteiger partial charge is 0.507 e. The number of ether oxygens (including phenoxy) is 5. The van der Waals surface area contributed by atoms with Crippen molar-refractivity contribution in [1.29, 1.82) is 0 Å². The minimum Gasteiger partial charge on any atom is -0.507 e. The number of carbonyl (C=O) groups excluding carboxylic acids is 6. The Morgan fingerprint density at radius 3 is 2.37 bits per heavy atom. The van der Waals surface area contributed by atoms with E-state index in [1.165, 1.54) is 39.3 Å². The summed E-state index contributed by atoms with van der Waals surface area (Å²) in [7, 11) is 2.84. The summed E-state index contributed by atoms with van der Waals surface area (Å²) in [6, 6.07) is 3.74. The van der Waals surface area contributed by atoms with E-state index in [1.807, 2.05) is 4.90 Å². The molecule has 9 rings (SSSR count). The summed E-state index contributed by atoms with van der Waals surface area (Å²) in [5.41, 5.74) is 13.0. The number of nitrogens with one attached hydrogen (secondary N) is 1. The minimum atomic E-state index is -2.24. The van der Waals surface area contributed by atoms with Gasteiger partial charge >= 0.3 is 6.09 Å². The van der Waals surface area contributed by atoms with Crippen molar-refractivity contribution in [3.05, 3.63) is 74.1 Å². The number of allylic oxidation sites excluding steroid dienone is 2. The standard InChI is InChI=1S/C27H29NO11.C15H18N4O5/c1-10-22(31)13(28)6-17(38-10)39-15-8-27(36,16(30)9-29)7-12-19(15)26(35)21-20(24(12)33)23(32)11-4-3-5-14(37-2)18(11)25(21)34;1-5-9(16)12(21)8-6(4-24-14(17)22)15(23-2)13-7(18-13)3-19(15)10(8)11(5)20/h3-5,10,13,15,17,22,29,31,33,35-36H,6-9,28H2,1-2H3;6-7,13,18H,3-4,16H2,1-2H3,(H2,17,22)/t10-,13-,15-,17-,22-,27-;6-,7+,13+,15-/m01/s1. The topological polar surface area (TPSA) is 353 Å². The number of nitrogens with two attached hydrogens (primary N) is 3. The Kier molecular flexibility index (Phi) is 10.8. The first-order valence-corrected chi connectivity index (χ1v) is 20.1. The molecule has 336 valence electrons. The van der Waals surface area contributed by atoms with Crippen molar-refractivity contribution < 1.29 is 78.0 Å². The number of rotatable bonds is 8. The molecule has 0 unspecified atom stereocenters. The van der Waals surface area contributed by atoms with Gasteiger partial charge in [-0.1, -0.05) is 12.1 Å². The smallest absolute Gasteiger partial charge is 0.404 e. The molecule has 0 saturated carbocycles. The van der Waals surface area contributed by atoms with Gasteiger partial charge < -0.3 is 76.6 Å². The SMILES string of the molecule is CO[C@@]12[C@H](COC(N)=O)C3=C(C(=O)C(C)=C(N)C3=O)N1C[C@@H]1N[C@@H]12.COc1cccc2c1C(=O)c1c(O)c3c(c(O)c1C2=O)C[C@@](O)(C(=O)CO)C[C@@H]3O[C@H]1C[C@H](N)[C@@H](O)[C@H](C)O1. The maximum absolute atomic E-state index is 13.6. The number of Topliss-reactive ketones (excluding diaryl/α,β-unsaturated/α-hetero) is 3. The van der Waals surface area contributed by atoms with Gasteiger partial charge in [-0.05, 0) is 19.9 Å². The van der Waals surface area contributed by atoms with Gasteiger partial charge in [-0.25, -0.2) is 4.79 Å². The fourth-order valence-electron chi connectivity index (χ4n) is 10.1. The van der Waals surface area contributed by atoms with Crippen LogP contribution >= 0.6 is 0 Å². The van der Waals surface area contributed by atoms with Crippen LogP contribution in [0.15, 0.2) is 40.7 Å². The lowest BCUT2D eigenvalue weighted by molar-refractivity contribution is -0.247. The molecule has 0 bridgehead atoms. The molecule has 10 atom stereocenters. The number of hydrogen-bond acceptors (Lipinski definition) is 20. The van der Waals surface area contributed by atoms with Crippen molar-refractivity contribution in [2.24, 2.45) is 23.1 Å². The molecule has 0 spiro atoms. The van der Waals surface area contributed by atoms with E-state index in [2.05, 4.69) is 5.32 Å². The molecule has 63 heavy (non-hydrogen) atoms. The predicted molar refractivity (Wildman–Crippen MR) is 212 cm³/mol. The van der Waals surface area contributed by atoms with E-state index in [0.29, 0.717) is 12.2 Å². The number of phenolic OH excluding ortho intramolecular Hbond substituents is 2. The number of amides is 1. The molecule has 1 amide bonds. The first-order valence-electron chi connectivity index (χ1n) is 20.1. The molecule has 12 N–H and O–H groups in total. The van der Waals surface area contributed by atoms with Crippen molar-refractivity contribution in [1.82, 2.24) is 10.2 Å². The van der Waals surface area contributed by atoms with E-state index in [0.717, 1.165) is 0 Å². The molecule has 0 radical (unpaired) electrons. The highest BCUT2D eigenvalue weighted by Crippen LogP contribution is 2.56. The van der Waals surface area contributed by atoms with Crippen LogP contribution in [0.2, 0.25) is 0 Å². The molecule has 4 aliphatic heterocycles. The number of piperazine rings is 1. The van der Waals surface area contributed by atoms with Crippen LogP contribution in [-0.2, 0) is 39.8 Å². The second-order valence-corrected chi connectivity index (χ2v) is 16.6. The van der Waals surface area contributed by atoms with Gasteiger partial charge in [-0.3, -0.25) is 24.0 Å². The zero-order valence-electron chi connectivity index (χ0n) is 34.5. The Labute approximate surface area is 358 Å². The van der Waals surface area contributed by atoms with Gasteiger partial charge in [0.1, 0.15) is 36.1 Å². The second kappa shape index (κ2) is 15.5. The minimum absolute atomic E-state index is 0.0173. The van der Waals surface area contributed by atoms with Gasteiger partial charge in [0.15, 0.2) is 23.6 Å². The van der Waals surface area contributed by atoms with E-state index >= 15 is 0 Å². The van der Waals surface area contributed by atoms with Crippen LogP contribution in [0.3, 0.4) is 0 Å². The zero-order chi connectivity index (χ0) is 45.8. The summed E-state index contributed by atoms with van der Waals surface area (Å²) >= 11 is 0. The van der Waals surface area contributed by atoms with Gasteiger partial charge in [0.2, 0.25) is 17.3 Å². The maximum Gasteiger partial charge on any atom is 0.404 e. The maximum atomic E-state index is 13.6. The van der Waals surface area contributed by atoms with Crippen LogP contribution in [-0.4, -0.2) is 147 Å². The number of ketones is 5. The van der Waals surface area contributed by atoms with Crippen molar-refractivity contribution >= 4 is 35.0 Å². The number of hydrogen-bond donors (Lipinski definition) is 9. The average Bonchev–Trinajstić information content (AvgIpc) is 3.87. The van der Waals surface area contributed by atoms with Gasteiger partial charge in [-0.15, -0.1) is 0 Å². The third kappa shape index (κ3) is 6.44. The normalized spacial score (nSPS) is 32.5. The van der Waals surface area contributed by atoms with Crippen molar-refractivity contribution in [3.63, 3.8) is 0 Å². The summed E-state index contributed by atoms with van der Waals surface area (Å²) in [5.74, 6) is -5.11. The summed E-state index contributed by atoms with van der Waals surface area (Å²) in [5, 5.41) is 57.0. The Morgan fingerprint density at radius 1 is 1.03 bits per heavy atom. The van der Waals surface area contributed by atoms with Crippen LogP contribution in [0.5, 0.6) is 17.2 Å². The van der Waals surface area contributed by atoms with E-state index in [1.54, 1.807) is 6.92 Å².